The van der Waals surface area contributed by atoms with Crippen LogP contribution in [0.3, 0.4) is 0 Å². The monoisotopic (exact) mass is 471 g/mol. The molecule has 0 atom stereocenters. The van der Waals surface area contributed by atoms with Crippen LogP contribution in [0.25, 0.3) is 11.1 Å². The number of rotatable bonds is 6. The summed E-state index contributed by atoms with van der Waals surface area (Å²) in [5.41, 5.74) is 3.86. The molecule has 8 heteroatoms. The summed E-state index contributed by atoms with van der Waals surface area (Å²) >= 11 is 0. The number of nitrogens with zero attached hydrogens (tertiary/aromatic N) is 1. The third-order valence-electron chi connectivity index (χ3n) is 6.50. The average Bonchev–Trinajstić information content (AvgIpc) is 3.18. The molecule has 0 aliphatic heterocycles. The number of nitrogens with one attached hydrogen (secondary N) is 2. The Bertz CT molecular complexity index is 1150. The molecule has 5 nitrogen and oxygen atoms in total. The van der Waals surface area contributed by atoms with Gasteiger partial charge in [0.15, 0.2) is 0 Å². The summed E-state index contributed by atoms with van der Waals surface area (Å²) in [7, 11) is 0. The summed E-state index contributed by atoms with van der Waals surface area (Å²) in [5.74, 6) is 0.235. The highest BCUT2D eigenvalue weighted by Crippen LogP contribution is 2.37. The van der Waals surface area contributed by atoms with Gasteiger partial charge in [-0.3, -0.25) is 9.78 Å². The van der Waals surface area contributed by atoms with Gasteiger partial charge in [0.05, 0.1) is 5.56 Å². The summed E-state index contributed by atoms with van der Waals surface area (Å²) < 4.78 is 42.8. The van der Waals surface area contributed by atoms with Gasteiger partial charge in [0.25, 0.3) is 5.91 Å². The predicted octanol–water partition coefficient (Wildman–Crippen LogP) is 6.30. The Kier molecular flexibility index (Phi) is 6.95. The lowest BCUT2D eigenvalue weighted by atomic mass is 9.79. The number of hydrogen-bond donors (Lipinski definition) is 2. The average molecular weight is 472 g/mol. The van der Waals surface area contributed by atoms with Crippen molar-refractivity contribution >= 4 is 5.91 Å². The van der Waals surface area contributed by atoms with E-state index in [1.807, 2.05) is 13.1 Å². The number of para-hydroxylation sites is 1. The molecule has 0 spiro atoms. The van der Waals surface area contributed by atoms with Gasteiger partial charge in [-0.25, -0.2) is 0 Å². The van der Waals surface area contributed by atoms with Crippen LogP contribution in [0.4, 0.5) is 13.2 Å². The van der Waals surface area contributed by atoms with Crippen LogP contribution in [0.1, 0.15) is 58.9 Å². The number of aromatic nitrogens is 2. The van der Waals surface area contributed by atoms with Crippen molar-refractivity contribution in [3.63, 3.8) is 0 Å². The van der Waals surface area contributed by atoms with Gasteiger partial charge in [-0.05, 0) is 75.1 Å². The highest BCUT2D eigenvalue weighted by atomic mass is 19.4. The van der Waals surface area contributed by atoms with E-state index in [4.69, 9.17) is 0 Å². The number of alkyl halides is 3. The normalized spacial score (nSPS) is 18.5. The third kappa shape index (κ3) is 5.61. The highest BCUT2D eigenvalue weighted by molar-refractivity contribution is 6.02. The predicted molar refractivity (Wildman–Crippen MR) is 124 cm³/mol. The van der Waals surface area contributed by atoms with E-state index < -0.39 is 6.36 Å². The van der Waals surface area contributed by atoms with E-state index in [2.05, 4.69) is 32.2 Å². The van der Waals surface area contributed by atoms with Crippen molar-refractivity contribution in [2.75, 3.05) is 6.54 Å². The zero-order valence-electron chi connectivity index (χ0n) is 19.2. The van der Waals surface area contributed by atoms with Crippen LogP contribution in [0, 0.1) is 19.8 Å². The topological polar surface area (TPSA) is 67.0 Å². The minimum Gasteiger partial charge on any atom is -0.405 e. The van der Waals surface area contributed by atoms with Crippen molar-refractivity contribution in [1.82, 2.24) is 15.3 Å². The zero-order chi connectivity index (χ0) is 24.3. The number of pyridine rings is 1. The molecule has 1 aromatic carbocycles. The molecular formula is C26H28F3N3O2. The minimum absolute atomic E-state index is 0.211. The number of hydrogen-bond acceptors (Lipinski definition) is 3. The number of benzene rings is 1. The molecule has 1 fully saturated rings. The molecule has 2 aromatic heterocycles. The van der Waals surface area contributed by atoms with Crippen molar-refractivity contribution in [2.24, 2.45) is 5.92 Å². The van der Waals surface area contributed by atoms with E-state index in [1.54, 1.807) is 19.2 Å². The smallest absolute Gasteiger partial charge is 0.405 e. The standard InChI is InChI=1S/C26H28F3N3O2/c1-16-13-20(11-12-30-16)19-9-7-18(8-10-19)14-32-25(33)24-17(2)31-15-22(24)21-5-3-4-6-23(21)34-26(27,28)29/h3-6,11-13,15,18-19,31H,7-10,14H2,1-2H3,(H,32,33). The molecule has 1 aliphatic rings. The molecular weight excluding hydrogens is 443 g/mol. The maximum absolute atomic E-state index is 13.1. The lowest BCUT2D eigenvalue weighted by Crippen LogP contribution is -2.31. The number of carbonyl (C=O) groups is 1. The quantitative estimate of drug-likeness (QED) is 0.444. The van der Waals surface area contributed by atoms with Crippen molar-refractivity contribution < 1.29 is 22.7 Å². The van der Waals surface area contributed by atoms with Crippen LogP contribution >= 0.6 is 0 Å². The second kappa shape index (κ2) is 9.91. The minimum atomic E-state index is -4.82. The number of halogens is 3. The number of ether oxygens (including phenoxy) is 1. The molecule has 1 aliphatic carbocycles. The Labute approximate surface area is 196 Å². The first-order valence-corrected chi connectivity index (χ1v) is 11.4. The van der Waals surface area contributed by atoms with E-state index in [-0.39, 0.29) is 17.2 Å². The Morgan fingerprint density at radius 3 is 2.56 bits per heavy atom. The molecule has 2 heterocycles. The van der Waals surface area contributed by atoms with Crippen molar-refractivity contribution in [2.45, 2.75) is 51.8 Å². The van der Waals surface area contributed by atoms with Crippen LogP contribution in [0.15, 0.2) is 48.8 Å². The van der Waals surface area contributed by atoms with Gasteiger partial charge >= 0.3 is 6.36 Å². The number of aryl methyl sites for hydroxylation is 2. The number of H-pyrrole nitrogens is 1. The third-order valence-corrected chi connectivity index (χ3v) is 6.50. The van der Waals surface area contributed by atoms with Crippen LogP contribution in [0.2, 0.25) is 0 Å². The van der Waals surface area contributed by atoms with Crippen LogP contribution in [-0.2, 0) is 0 Å². The summed E-state index contributed by atoms with van der Waals surface area (Å²) in [6.45, 7) is 4.26. The van der Waals surface area contributed by atoms with Crippen LogP contribution < -0.4 is 10.1 Å². The van der Waals surface area contributed by atoms with E-state index in [9.17, 15) is 18.0 Å². The zero-order valence-corrected chi connectivity index (χ0v) is 19.2. The van der Waals surface area contributed by atoms with E-state index >= 15 is 0 Å². The molecule has 4 rings (SSSR count). The van der Waals surface area contributed by atoms with E-state index in [0.717, 1.165) is 31.4 Å². The van der Waals surface area contributed by atoms with E-state index in [0.29, 0.717) is 35.2 Å². The Balaban J connectivity index is 1.41. The second-order valence-electron chi connectivity index (χ2n) is 8.90. The van der Waals surface area contributed by atoms with Gasteiger partial charge < -0.3 is 15.0 Å². The second-order valence-corrected chi connectivity index (χ2v) is 8.90. The summed E-state index contributed by atoms with van der Waals surface area (Å²) in [6.07, 6.45) is 2.70. The molecule has 0 saturated heterocycles. The fourth-order valence-electron chi connectivity index (χ4n) is 4.78. The molecule has 34 heavy (non-hydrogen) atoms. The lowest BCUT2D eigenvalue weighted by Gasteiger charge is -2.29. The molecule has 3 aromatic rings. The van der Waals surface area contributed by atoms with Gasteiger partial charge in [-0.2, -0.15) is 0 Å². The molecule has 1 amide bonds. The summed E-state index contributed by atoms with van der Waals surface area (Å²) in [4.78, 5) is 20.3. The highest BCUT2D eigenvalue weighted by Gasteiger charge is 2.33. The fraction of sp³-hybridized carbons (Fsp3) is 0.385. The first-order chi connectivity index (χ1) is 16.2. The Morgan fingerprint density at radius 2 is 1.85 bits per heavy atom. The van der Waals surface area contributed by atoms with Gasteiger partial charge in [0, 0.05) is 41.5 Å². The molecule has 0 radical (unpaired) electrons. The summed E-state index contributed by atoms with van der Waals surface area (Å²) in [6, 6.07) is 10.1. The molecule has 2 N–H and O–H groups in total. The molecule has 0 unspecified atom stereocenters. The number of carbonyl (C=O) groups excluding carboxylic acids is 1. The lowest BCUT2D eigenvalue weighted by molar-refractivity contribution is -0.274. The molecule has 1 saturated carbocycles. The van der Waals surface area contributed by atoms with Crippen LogP contribution in [-0.4, -0.2) is 28.8 Å². The Morgan fingerprint density at radius 1 is 1.12 bits per heavy atom. The van der Waals surface area contributed by atoms with Gasteiger partial charge in [0.2, 0.25) is 0 Å². The van der Waals surface area contributed by atoms with E-state index in [1.165, 1.54) is 23.8 Å². The number of amides is 1. The van der Waals surface area contributed by atoms with Gasteiger partial charge in [0.1, 0.15) is 5.75 Å². The Hall–Kier alpha value is -3.29. The van der Waals surface area contributed by atoms with Crippen LogP contribution in [0.5, 0.6) is 5.75 Å². The molecule has 180 valence electrons. The largest absolute Gasteiger partial charge is 0.573 e. The fourth-order valence-corrected chi connectivity index (χ4v) is 4.78. The van der Waals surface area contributed by atoms with Gasteiger partial charge in [-0.15, -0.1) is 13.2 Å². The maximum atomic E-state index is 13.1. The van der Waals surface area contributed by atoms with Gasteiger partial charge in [-0.1, -0.05) is 18.2 Å². The number of aromatic amines is 1. The first-order valence-electron chi connectivity index (χ1n) is 11.4. The van der Waals surface area contributed by atoms with Crippen molar-refractivity contribution in [1.29, 1.82) is 0 Å². The van der Waals surface area contributed by atoms with Crippen molar-refractivity contribution in [3.05, 3.63) is 71.3 Å². The SMILES string of the molecule is Cc1cc(C2CCC(CNC(=O)c3c(-c4ccccc4OC(F)(F)F)c[nH]c3C)CC2)ccn1. The summed E-state index contributed by atoms with van der Waals surface area (Å²) in [5, 5.41) is 3.01. The van der Waals surface area contributed by atoms with Crippen molar-refractivity contribution in [3.8, 4) is 16.9 Å². The molecule has 0 bridgehead atoms. The first kappa shape index (κ1) is 23.9. The maximum Gasteiger partial charge on any atom is 0.573 e.